The zero-order valence-corrected chi connectivity index (χ0v) is 24.3. The number of hydrogen-bond acceptors (Lipinski definition) is 8. The Morgan fingerprint density at radius 1 is 1.15 bits per heavy atom. The van der Waals surface area contributed by atoms with E-state index in [-0.39, 0.29) is 36.9 Å². The molecule has 1 aromatic carbocycles. The predicted octanol–water partition coefficient (Wildman–Crippen LogP) is 4.29. The minimum Gasteiger partial charge on any atom is -0.466 e. The molecule has 1 unspecified atom stereocenters. The van der Waals surface area contributed by atoms with E-state index in [2.05, 4.69) is 15.4 Å². The maximum Gasteiger partial charge on any atom is 0.410 e. The number of amides is 2. The number of rotatable bonds is 6. The molecule has 2 saturated heterocycles. The monoisotopic (exact) mass is 550 g/mol. The Labute approximate surface area is 234 Å². The van der Waals surface area contributed by atoms with Crippen LogP contribution in [0.25, 0.3) is 22.3 Å². The van der Waals surface area contributed by atoms with Gasteiger partial charge in [0.15, 0.2) is 12.6 Å². The first kappa shape index (κ1) is 27.8. The number of nitrogens with zero attached hydrogens (tertiary/aromatic N) is 5. The summed E-state index contributed by atoms with van der Waals surface area (Å²) >= 11 is 0. The molecule has 2 amide bonds. The second-order valence-electron chi connectivity index (χ2n) is 11.8. The lowest BCUT2D eigenvalue weighted by Crippen LogP contribution is -2.53. The first-order valence-electron chi connectivity index (χ1n) is 13.7. The number of benzene rings is 1. The van der Waals surface area contributed by atoms with Gasteiger partial charge in [0.1, 0.15) is 11.4 Å². The molecule has 2 aliphatic heterocycles. The van der Waals surface area contributed by atoms with Gasteiger partial charge in [-0.3, -0.25) is 9.48 Å². The van der Waals surface area contributed by atoms with Gasteiger partial charge in [-0.25, -0.2) is 14.8 Å². The molecule has 2 fully saturated rings. The molecule has 40 heavy (non-hydrogen) atoms. The van der Waals surface area contributed by atoms with E-state index >= 15 is 0 Å². The van der Waals surface area contributed by atoms with Crippen LogP contribution in [-0.4, -0.2) is 74.3 Å². The molecule has 0 aliphatic carbocycles. The lowest BCUT2D eigenvalue weighted by molar-refractivity contribution is 0.00499. The number of carbonyl (C=O) groups is 2. The highest BCUT2D eigenvalue weighted by Crippen LogP contribution is 2.38. The van der Waals surface area contributed by atoms with Gasteiger partial charge >= 0.3 is 6.09 Å². The SMILES string of the molecule is COCOc1c(-c2ncc(C(=O)NC3C[C@H]4CC[C@@H](C3)N4C(=O)OC(C)(C)C)c(C)n2)cc2cn(C)nc2c1C. The van der Waals surface area contributed by atoms with Crippen molar-refractivity contribution in [3.05, 3.63) is 35.3 Å². The Balaban J connectivity index is 1.33. The molecule has 3 aromatic rings. The lowest BCUT2D eigenvalue weighted by Gasteiger charge is -2.39. The van der Waals surface area contributed by atoms with E-state index in [1.807, 2.05) is 51.9 Å². The molecule has 0 saturated carbocycles. The van der Waals surface area contributed by atoms with Crippen molar-refractivity contribution in [2.45, 2.75) is 84.0 Å². The van der Waals surface area contributed by atoms with E-state index in [4.69, 9.17) is 19.2 Å². The van der Waals surface area contributed by atoms with Crippen LogP contribution >= 0.6 is 0 Å². The Kier molecular flexibility index (Phi) is 7.43. The van der Waals surface area contributed by atoms with Crippen molar-refractivity contribution in [3.63, 3.8) is 0 Å². The summed E-state index contributed by atoms with van der Waals surface area (Å²) in [6.45, 7) is 9.45. The summed E-state index contributed by atoms with van der Waals surface area (Å²) in [6, 6.07) is 2.04. The first-order chi connectivity index (χ1) is 18.9. The largest absolute Gasteiger partial charge is 0.466 e. The fraction of sp³-hybridized carbons (Fsp3) is 0.552. The van der Waals surface area contributed by atoms with Crippen molar-refractivity contribution in [2.75, 3.05) is 13.9 Å². The standard InChI is InChI=1S/C29H38N6O5/c1-16-24-18(14-34(6)33-24)10-22(25(16)39-15-38-7)26-30-13-23(17(2)31-26)27(36)32-19-11-20-8-9-21(12-19)35(20)28(37)40-29(3,4)5/h10,13-14,19-21H,8-9,11-12,15H2,1-7H3,(H,32,36)/t19?,20-,21+. The average Bonchev–Trinajstić information content (AvgIpc) is 3.38. The summed E-state index contributed by atoms with van der Waals surface area (Å²) in [7, 11) is 3.44. The van der Waals surface area contributed by atoms with E-state index < -0.39 is 5.60 Å². The number of hydrogen-bond donors (Lipinski definition) is 1. The number of piperidine rings is 1. The fourth-order valence-corrected chi connectivity index (χ4v) is 5.89. The van der Waals surface area contributed by atoms with E-state index in [0.29, 0.717) is 41.2 Å². The normalized spacial score (nSPS) is 20.6. The second-order valence-corrected chi connectivity index (χ2v) is 11.8. The van der Waals surface area contributed by atoms with Gasteiger partial charge in [0.2, 0.25) is 0 Å². The number of nitrogens with one attached hydrogen (secondary N) is 1. The van der Waals surface area contributed by atoms with Crippen molar-refractivity contribution < 1.29 is 23.8 Å². The van der Waals surface area contributed by atoms with Gasteiger partial charge in [-0.1, -0.05) is 0 Å². The molecule has 11 nitrogen and oxygen atoms in total. The molecule has 1 N–H and O–H groups in total. The summed E-state index contributed by atoms with van der Waals surface area (Å²) in [6.07, 6.45) is 6.47. The van der Waals surface area contributed by atoms with Gasteiger partial charge in [0.05, 0.1) is 22.3 Å². The number of carbonyl (C=O) groups excluding carboxylic acids is 2. The van der Waals surface area contributed by atoms with E-state index in [1.165, 1.54) is 0 Å². The summed E-state index contributed by atoms with van der Waals surface area (Å²) < 4.78 is 18.4. The molecule has 5 rings (SSSR count). The van der Waals surface area contributed by atoms with Gasteiger partial charge in [-0.15, -0.1) is 0 Å². The van der Waals surface area contributed by atoms with E-state index in [1.54, 1.807) is 24.9 Å². The molecular weight excluding hydrogens is 512 g/mol. The van der Waals surface area contributed by atoms with Crippen molar-refractivity contribution in [3.8, 4) is 17.1 Å². The summed E-state index contributed by atoms with van der Waals surface area (Å²) in [5.74, 6) is 0.837. The van der Waals surface area contributed by atoms with Gasteiger partial charge in [-0.2, -0.15) is 5.10 Å². The number of methoxy groups -OCH3 is 1. The van der Waals surface area contributed by atoms with Gasteiger partial charge < -0.3 is 24.4 Å². The predicted molar refractivity (Wildman–Crippen MR) is 149 cm³/mol. The van der Waals surface area contributed by atoms with Crippen LogP contribution < -0.4 is 10.1 Å². The van der Waals surface area contributed by atoms with Crippen LogP contribution in [0.1, 0.15) is 68.1 Å². The molecule has 2 bridgehead atoms. The van der Waals surface area contributed by atoms with Crippen LogP contribution in [0.5, 0.6) is 5.75 Å². The third kappa shape index (κ3) is 5.47. The van der Waals surface area contributed by atoms with Crippen LogP contribution in [0.2, 0.25) is 0 Å². The number of ether oxygens (including phenoxy) is 3. The Hall–Kier alpha value is -3.73. The van der Waals surface area contributed by atoms with Crippen molar-refractivity contribution in [2.24, 2.45) is 7.05 Å². The molecule has 4 heterocycles. The minimum atomic E-state index is -0.537. The first-order valence-corrected chi connectivity index (χ1v) is 13.7. The molecular formula is C29H38N6O5. The number of aryl methyl sites for hydroxylation is 3. The maximum absolute atomic E-state index is 13.3. The molecule has 11 heteroatoms. The molecule has 214 valence electrons. The summed E-state index contributed by atoms with van der Waals surface area (Å²) in [5, 5.41) is 8.65. The third-order valence-electron chi connectivity index (χ3n) is 7.56. The molecule has 3 atom stereocenters. The smallest absolute Gasteiger partial charge is 0.410 e. The summed E-state index contributed by atoms with van der Waals surface area (Å²) in [5.41, 5.74) is 2.85. The topological polar surface area (TPSA) is 121 Å². The molecule has 0 radical (unpaired) electrons. The van der Waals surface area contributed by atoms with Crippen LogP contribution in [0.4, 0.5) is 4.79 Å². The number of aromatic nitrogens is 4. The van der Waals surface area contributed by atoms with E-state index in [9.17, 15) is 9.59 Å². The average molecular weight is 551 g/mol. The van der Waals surface area contributed by atoms with Crippen molar-refractivity contribution in [1.29, 1.82) is 0 Å². The van der Waals surface area contributed by atoms with Crippen LogP contribution in [-0.2, 0) is 16.5 Å². The quantitative estimate of drug-likeness (QED) is 0.451. The van der Waals surface area contributed by atoms with Crippen LogP contribution in [0, 0.1) is 13.8 Å². The van der Waals surface area contributed by atoms with Crippen molar-refractivity contribution in [1.82, 2.24) is 30.0 Å². The van der Waals surface area contributed by atoms with Gasteiger partial charge in [0, 0.05) is 55.6 Å². The third-order valence-corrected chi connectivity index (χ3v) is 7.56. The second kappa shape index (κ2) is 10.7. The number of fused-ring (bicyclic) bond motifs is 3. The van der Waals surface area contributed by atoms with Gasteiger partial charge in [-0.05, 0) is 66.4 Å². The molecule has 0 spiro atoms. The Morgan fingerprint density at radius 2 is 1.85 bits per heavy atom. The highest BCUT2D eigenvalue weighted by Gasteiger charge is 2.45. The maximum atomic E-state index is 13.3. The highest BCUT2D eigenvalue weighted by atomic mass is 16.7. The summed E-state index contributed by atoms with van der Waals surface area (Å²) in [4.78, 5) is 37.2. The zero-order valence-electron chi connectivity index (χ0n) is 24.3. The zero-order chi connectivity index (χ0) is 28.8. The lowest BCUT2D eigenvalue weighted by atomic mass is 9.97. The molecule has 2 aromatic heterocycles. The van der Waals surface area contributed by atoms with Gasteiger partial charge in [0.25, 0.3) is 5.91 Å². The minimum absolute atomic E-state index is 0.0348. The Morgan fingerprint density at radius 3 is 2.48 bits per heavy atom. The molecule has 2 aliphatic rings. The van der Waals surface area contributed by atoms with E-state index in [0.717, 1.165) is 29.3 Å². The van der Waals surface area contributed by atoms with Crippen molar-refractivity contribution >= 4 is 22.9 Å². The highest BCUT2D eigenvalue weighted by molar-refractivity contribution is 5.95. The fourth-order valence-electron chi connectivity index (χ4n) is 5.89. The van der Waals surface area contributed by atoms with Crippen LogP contribution in [0.3, 0.4) is 0 Å². The Bertz CT molecular complexity index is 1430. The van der Waals surface area contributed by atoms with Crippen LogP contribution in [0.15, 0.2) is 18.5 Å².